The van der Waals surface area contributed by atoms with Crippen LogP contribution < -0.4 is 15.3 Å². The Morgan fingerprint density at radius 3 is 1.75 bits per heavy atom. The van der Waals surface area contributed by atoms with Crippen LogP contribution in [0.25, 0.3) is 0 Å². The molecule has 0 atom stereocenters. The van der Waals surface area contributed by atoms with Crippen molar-refractivity contribution >= 4 is 30.5 Å². The smallest absolute Gasteiger partial charge is 0.105 e. The molecule has 0 saturated heterocycles. The van der Waals surface area contributed by atoms with Crippen molar-refractivity contribution in [3.63, 3.8) is 0 Å². The second-order valence-corrected chi connectivity index (χ2v) is 7.09. The van der Waals surface area contributed by atoms with Crippen molar-refractivity contribution in [1.29, 1.82) is 0 Å². The Balaban J connectivity index is 2.26. The maximum absolute atomic E-state index is 2.42. The molecule has 0 saturated carbocycles. The Morgan fingerprint density at radius 1 is 0.812 bits per heavy atom. The molecule has 0 fully saturated rings. The van der Waals surface area contributed by atoms with Crippen LogP contribution in [0.4, 0.5) is 11.4 Å². The second-order valence-electron chi connectivity index (χ2n) is 4.40. The van der Waals surface area contributed by atoms with Crippen molar-refractivity contribution < 1.29 is 0 Å². The molecule has 1 heterocycles. The van der Waals surface area contributed by atoms with E-state index in [1.807, 2.05) is 0 Å². The molecule has 2 aromatic carbocycles. The first kappa shape index (κ1) is 9.67. The summed E-state index contributed by atoms with van der Waals surface area (Å²) in [5.41, 5.74) is 2.78. The van der Waals surface area contributed by atoms with E-state index in [-0.39, 0.29) is 0 Å². The standard InChI is InChI=1S/C14H15NSi/c1-15-11-7-3-5-9-13(11)16(2)14-10-6-4-8-12(14)15/h3-10,16H,1-2H3. The van der Waals surface area contributed by atoms with E-state index in [0.717, 1.165) is 0 Å². The predicted molar refractivity (Wildman–Crippen MR) is 73.2 cm³/mol. The third-order valence-electron chi connectivity index (χ3n) is 3.53. The van der Waals surface area contributed by atoms with Gasteiger partial charge in [0.1, 0.15) is 8.80 Å². The number of hydrogen-bond donors (Lipinski definition) is 0. The fourth-order valence-electron chi connectivity index (χ4n) is 2.62. The Bertz CT molecular complexity index is 440. The summed E-state index contributed by atoms with van der Waals surface area (Å²) in [6.07, 6.45) is 0. The van der Waals surface area contributed by atoms with Gasteiger partial charge in [-0.2, -0.15) is 0 Å². The van der Waals surface area contributed by atoms with E-state index in [1.165, 1.54) is 11.4 Å². The van der Waals surface area contributed by atoms with Crippen LogP contribution >= 0.6 is 0 Å². The lowest BCUT2D eigenvalue weighted by Crippen LogP contribution is -2.48. The van der Waals surface area contributed by atoms with Gasteiger partial charge in [-0.15, -0.1) is 0 Å². The van der Waals surface area contributed by atoms with E-state index in [4.69, 9.17) is 0 Å². The molecule has 3 rings (SSSR count). The lowest BCUT2D eigenvalue weighted by atomic mass is 10.2. The minimum Gasteiger partial charge on any atom is -0.345 e. The fraction of sp³-hybridized carbons (Fsp3) is 0.143. The summed E-state index contributed by atoms with van der Waals surface area (Å²) in [7, 11) is 1.19. The first-order valence-corrected chi connectivity index (χ1v) is 8.01. The fourth-order valence-corrected chi connectivity index (χ4v) is 5.22. The molecule has 1 nitrogen and oxygen atoms in total. The third kappa shape index (κ3) is 1.23. The second kappa shape index (κ2) is 3.49. The zero-order valence-electron chi connectivity index (χ0n) is 9.64. The Morgan fingerprint density at radius 2 is 1.25 bits per heavy atom. The average Bonchev–Trinajstić information content (AvgIpc) is 2.36. The molecule has 2 aromatic rings. The van der Waals surface area contributed by atoms with E-state index >= 15 is 0 Å². The predicted octanol–water partition coefficient (Wildman–Crippen LogP) is 1.74. The summed E-state index contributed by atoms with van der Waals surface area (Å²) < 4.78 is 0. The van der Waals surface area contributed by atoms with Crippen LogP contribution in [0.3, 0.4) is 0 Å². The average molecular weight is 225 g/mol. The van der Waals surface area contributed by atoms with E-state index < -0.39 is 8.80 Å². The normalized spacial score (nSPS) is 14.5. The van der Waals surface area contributed by atoms with Crippen LogP contribution in [0.5, 0.6) is 0 Å². The van der Waals surface area contributed by atoms with Crippen molar-refractivity contribution in [1.82, 2.24) is 0 Å². The summed E-state index contributed by atoms with van der Waals surface area (Å²) in [6.45, 7) is 2.42. The Kier molecular flexibility index (Phi) is 2.11. The lowest BCUT2D eigenvalue weighted by Gasteiger charge is -2.33. The van der Waals surface area contributed by atoms with E-state index in [9.17, 15) is 0 Å². The number of hydrogen-bond acceptors (Lipinski definition) is 1. The Labute approximate surface area is 98.0 Å². The van der Waals surface area contributed by atoms with Gasteiger partial charge in [0.25, 0.3) is 0 Å². The van der Waals surface area contributed by atoms with Crippen LogP contribution in [0, 0.1) is 0 Å². The summed E-state index contributed by atoms with van der Waals surface area (Å²) in [5, 5.41) is 3.12. The van der Waals surface area contributed by atoms with Gasteiger partial charge in [0.05, 0.1) is 0 Å². The largest absolute Gasteiger partial charge is 0.345 e. The first-order chi connectivity index (χ1) is 7.79. The number of nitrogens with zero attached hydrogens (tertiary/aromatic N) is 1. The summed E-state index contributed by atoms with van der Waals surface area (Å²) in [4.78, 5) is 2.32. The summed E-state index contributed by atoms with van der Waals surface area (Å²) in [5.74, 6) is 0. The molecule has 1 aliphatic heterocycles. The highest BCUT2D eigenvalue weighted by Crippen LogP contribution is 2.25. The molecule has 80 valence electrons. The SMILES string of the molecule is CN1c2ccccc2[SiH](C)c2ccccc21. The van der Waals surface area contributed by atoms with Crippen LogP contribution in [-0.2, 0) is 0 Å². The van der Waals surface area contributed by atoms with Crippen molar-refractivity contribution in [3.05, 3.63) is 48.5 Å². The van der Waals surface area contributed by atoms with Gasteiger partial charge in [0.2, 0.25) is 0 Å². The molecule has 0 aliphatic carbocycles. The topological polar surface area (TPSA) is 3.24 Å². The number of fused-ring (bicyclic) bond motifs is 2. The highest BCUT2D eigenvalue weighted by molar-refractivity contribution is 6.87. The maximum atomic E-state index is 2.42. The van der Waals surface area contributed by atoms with Gasteiger partial charge in [0, 0.05) is 18.4 Å². The van der Waals surface area contributed by atoms with Gasteiger partial charge >= 0.3 is 0 Å². The van der Waals surface area contributed by atoms with Crippen LogP contribution in [0.1, 0.15) is 0 Å². The molecular weight excluding hydrogens is 210 g/mol. The lowest BCUT2D eigenvalue weighted by molar-refractivity contribution is 1.22. The van der Waals surface area contributed by atoms with E-state index in [1.54, 1.807) is 10.4 Å². The molecule has 0 amide bonds. The van der Waals surface area contributed by atoms with Gasteiger partial charge in [0.15, 0.2) is 0 Å². The quantitative estimate of drug-likeness (QED) is 0.617. The number of benzene rings is 2. The zero-order chi connectivity index (χ0) is 11.1. The highest BCUT2D eigenvalue weighted by Gasteiger charge is 2.25. The van der Waals surface area contributed by atoms with Crippen LogP contribution in [0.2, 0.25) is 6.55 Å². The zero-order valence-corrected chi connectivity index (χ0v) is 10.8. The molecule has 0 bridgehead atoms. The molecule has 0 N–H and O–H groups in total. The van der Waals surface area contributed by atoms with Gasteiger partial charge in [-0.25, -0.2) is 0 Å². The van der Waals surface area contributed by atoms with Gasteiger partial charge in [-0.05, 0) is 22.5 Å². The number of rotatable bonds is 0. The molecule has 16 heavy (non-hydrogen) atoms. The molecule has 1 aliphatic rings. The minimum atomic E-state index is -0.970. The number of anilines is 2. The molecule has 2 heteroatoms. The summed E-state index contributed by atoms with van der Waals surface area (Å²) >= 11 is 0. The minimum absolute atomic E-state index is 0.970. The van der Waals surface area contributed by atoms with Crippen LogP contribution in [0.15, 0.2) is 48.5 Å². The summed E-state index contributed by atoms with van der Waals surface area (Å²) in [6, 6.07) is 17.6. The maximum Gasteiger partial charge on any atom is 0.105 e. The van der Waals surface area contributed by atoms with E-state index in [0.29, 0.717) is 0 Å². The van der Waals surface area contributed by atoms with E-state index in [2.05, 4.69) is 67.0 Å². The molecule has 0 spiro atoms. The Hall–Kier alpha value is -1.54. The van der Waals surface area contributed by atoms with Crippen molar-refractivity contribution in [2.24, 2.45) is 0 Å². The van der Waals surface area contributed by atoms with Crippen molar-refractivity contribution in [2.75, 3.05) is 11.9 Å². The highest BCUT2D eigenvalue weighted by atomic mass is 28.3. The van der Waals surface area contributed by atoms with Gasteiger partial charge in [-0.3, -0.25) is 0 Å². The third-order valence-corrected chi connectivity index (χ3v) is 6.37. The van der Waals surface area contributed by atoms with Crippen molar-refractivity contribution in [3.8, 4) is 0 Å². The molecule has 0 radical (unpaired) electrons. The molecular formula is C14H15NSi. The number of para-hydroxylation sites is 2. The van der Waals surface area contributed by atoms with Crippen molar-refractivity contribution in [2.45, 2.75) is 6.55 Å². The van der Waals surface area contributed by atoms with Gasteiger partial charge < -0.3 is 4.90 Å². The van der Waals surface area contributed by atoms with Gasteiger partial charge in [-0.1, -0.05) is 42.9 Å². The first-order valence-electron chi connectivity index (χ1n) is 5.70. The van der Waals surface area contributed by atoms with Crippen LogP contribution in [-0.4, -0.2) is 15.8 Å². The monoisotopic (exact) mass is 225 g/mol. The molecule has 0 unspecified atom stereocenters. The molecule has 0 aromatic heterocycles.